The molecule has 0 amide bonds. The van der Waals surface area contributed by atoms with Crippen LogP contribution in [0.25, 0.3) is 11.9 Å². The Balaban J connectivity index is 1.19. The molecule has 3 heterocycles. The second kappa shape index (κ2) is 11.5. The summed E-state index contributed by atoms with van der Waals surface area (Å²) in [4.78, 5) is 13.3. The smallest absolute Gasteiger partial charge is 0.318 e. The molecule has 196 valence electrons. The molecule has 0 saturated carbocycles. The quantitative estimate of drug-likeness (QED) is 0.330. The van der Waals surface area contributed by atoms with Gasteiger partial charge in [0, 0.05) is 61.8 Å². The summed E-state index contributed by atoms with van der Waals surface area (Å²) in [7, 11) is 0. The number of aryl methyl sites for hydroxylation is 1. The van der Waals surface area contributed by atoms with Crippen molar-refractivity contribution in [2.75, 3.05) is 37.6 Å². The van der Waals surface area contributed by atoms with Crippen LogP contribution >= 0.6 is 0 Å². The van der Waals surface area contributed by atoms with Crippen LogP contribution in [0.4, 0.5) is 14.5 Å². The van der Waals surface area contributed by atoms with E-state index in [1.807, 2.05) is 61.3 Å². The van der Waals surface area contributed by atoms with Gasteiger partial charge in [-0.05, 0) is 31.5 Å². The number of nitrogens with zero attached hydrogens (tertiary/aromatic N) is 6. The lowest BCUT2D eigenvalue weighted by Gasteiger charge is -2.35. The Hall–Kier alpha value is -4.11. The van der Waals surface area contributed by atoms with E-state index in [0.717, 1.165) is 61.3 Å². The van der Waals surface area contributed by atoms with Crippen molar-refractivity contribution in [2.45, 2.75) is 20.5 Å². The van der Waals surface area contributed by atoms with Gasteiger partial charge in [0.15, 0.2) is 5.82 Å². The summed E-state index contributed by atoms with van der Waals surface area (Å²) in [6, 6.07) is 15.8. The average molecular weight is 517 g/mol. The molecule has 9 heteroatoms. The van der Waals surface area contributed by atoms with E-state index in [-0.39, 0.29) is 0 Å². The van der Waals surface area contributed by atoms with Gasteiger partial charge in [-0.3, -0.25) is 4.90 Å². The van der Waals surface area contributed by atoms with Gasteiger partial charge < -0.3 is 9.64 Å². The molecular weight excluding hydrogens is 486 g/mol. The summed E-state index contributed by atoms with van der Waals surface area (Å²) in [5, 5.41) is 4.55. The maximum atomic E-state index is 13.6. The van der Waals surface area contributed by atoms with E-state index < -0.39 is 11.6 Å². The molecule has 2 aromatic carbocycles. The number of piperazine rings is 1. The highest BCUT2D eigenvalue weighted by molar-refractivity contribution is 5.52. The minimum absolute atomic E-state index is 0.316. The lowest BCUT2D eigenvalue weighted by atomic mass is 10.2. The van der Waals surface area contributed by atoms with Gasteiger partial charge in [-0.2, -0.15) is 10.1 Å². The first-order valence-corrected chi connectivity index (χ1v) is 12.6. The van der Waals surface area contributed by atoms with Crippen LogP contribution in [0.15, 0.2) is 66.9 Å². The molecular formula is C29H30F2N6O. The normalized spacial score (nSPS) is 14.4. The molecule has 0 unspecified atom stereocenters. The summed E-state index contributed by atoms with van der Waals surface area (Å²) in [6.45, 7) is 8.14. The first kappa shape index (κ1) is 25.5. The maximum Gasteiger partial charge on any atom is 0.318 e. The Morgan fingerprint density at radius 1 is 0.921 bits per heavy atom. The maximum absolute atomic E-state index is 13.6. The number of benzene rings is 2. The fourth-order valence-electron chi connectivity index (χ4n) is 4.48. The van der Waals surface area contributed by atoms with Crippen LogP contribution < -0.4 is 9.64 Å². The molecule has 4 aromatic rings. The summed E-state index contributed by atoms with van der Waals surface area (Å²) >= 11 is 0. The Kier molecular flexibility index (Phi) is 7.74. The van der Waals surface area contributed by atoms with Gasteiger partial charge in [0.05, 0.1) is 11.9 Å². The van der Waals surface area contributed by atoms with Crippen molar-refractivity contribution in [1.82, 2.24) is 24.6 Å². The monoisotopic (exact) mass is 516 g/mol. The second-order valence-electron chi connectivity index (χ2n) is 9.34. The highest BCUT2D eigenvalue weighted by Gasteiger charge is 2.18. The molecule has 0 spiro atoms. The topological polar surface area (TPSA) is 59.3 Å². The van der Waals surface area contributed by atoms with Crippen molar-refractivity contribution in [1.29, 1.82) is 0 Å². The summed E-state index contributed by atoms with van der Waals surface area (Å²) < 4.78 is 34.8. The predicted octanol–water partition coefficient (Wildman–Crippen LogP) is 4.97. The molecule has 0 radical (unpaired) electrons. The van der Waals surface area contributed by atoms with Crippen LogP contribution in [-0.4, -0.2) is 57.4 Å². The zero-order valence-electron chi connectivity index (χ0n) is 21.5. The van der Waals surface area contributed by atoms with E-state index in [1.54, 1.807) is 4.68 Å². The van der Waals surface area contributed by atoms with Gasteiger partial charge in [0.2, 0.25) is 0 Å². The summed E-state index contributed by atoms with van der Waals surface area (Å²) in [5.41, 5.74) is 4.40. The van der Waals surface area contributed by atoms with Crippen molar-refractivity contribution in [3.63, 3.8) is 0 Å². The molecule has 0 aliphatic carbocycles. The standard InChI is InChI=1S/C29H30F2N6O/c1-21-15-28(34-29(33-21)38-20-23-7-4-3-5-8-23)37-22(2)24(19-32-37)9-6-10-35-11-13-36(14-12-35)27-17-25(30)16-26(31)18-27/h3-9,15-19H,10-14,20H2,1-2H3/b9-6+. The molecule has 1 aliphatic rings. The van der Waals surface area contributed by atoms with Gasteiger partial charge in [-0.25, -0.2) is 18.4 Å². The van der Waals surface area contributed by atoms with Crippen molar-refractivity contribution < 1.29 is 13.5 Å². The fourth-order valence-corrected chi connectivity index (χ4v) is 4.48. The van der Waals surface area contributed by atoms with Gasteiger partial charge in [0.25, 0.3) is 0 Å². The number of ether oxygens (including phenoxy) is 1. The van der Waals surface area contributed by atoms with E-state index in [0.29, 0.717) is 24.1 Å². The van der Waals surface area contributed by atoms with E-state index in [2.05, 4.69) is 32.1 Å². The number of aromatic nitrogens is 4. The van der Waals surface area contributed by atoms with Gasteiger partial charge in [-0.15, -0.1) is 0 Å². The first-order chi connectivity index (χ1) is 18.4. The highest BCUT2D eigenvalue weighted by Crippen LogP contribution is 2.20. The Morgan fingerprint density at radius 2 is 1.66 bits per heavy atom. The molecule has 1 aliphatic heterocycles. The lowest BCUT2D eigenvalue weighted by molar-refractivity contribution is 0.279. The van der Waals surface area contributed by atoms with Crippen molar-refractivity contribution >= 4 is 11.8 Å². The Bertz CT molecular complexity index is 1390. The Labute approximate surface area is 221 Å². The van der Waals surface area contributed by atoms with Crippen molar-refractivity contribution in [3.05, 3.63) is 101 Å². The third-order valence-corrected chi connectivity index (χ3v) is 6.54. The molecule has 5 rings (SSSR count). The molecule has 38 heavy (non-hydrogen) atoms. The molecule has 0 N–H and O–H groups in total. The van der Waals surface area contributed by atoms with Gasteiger partial charge in [-0.1, -0.05) is 42.5 Å². The van der Waals surface area contributed by atoms with E-state index >= 15 is 0 Å². The zero-order chi connectivity index (χ0) is 26.5. The number of anilines is 1. The van der Waals surface area contributed by atoms with Gasteiger partial charge >= 0.3 is 6.01 Å². The minimum Gasteiger partial charge on any atom is -0.459 e. The van der Waals surface area contributed by atoms with Crippen molar-refractivity contribution in [3.8, 4) is 11.8 Å². The summed E-state index contributed by atoms with van der Waals surface area (Å²) in [6.07, 6.45) is 6.00. The predicted molar refractivity (Wildman–Crippen MR) is 143 cm³/mol. The van der Waals surface area contributed by atoms with Crippen LogP contribution in [0.1, 0.15) is 22.5 Å². The third-order valence-electron chi connectivity index (χ3n) is 6.54. The SMILES string of the molecule is Cc1cc(-n2ncc(/C=C/CN3CCN(c4cc(F)cc(F)c4)CC3)c2C)nc(OCc2ccccc2)n1. The third kappa shape index (κ3) is 6.23. The molecule has 0 atom stereocenters. The molecule has 1 saturated heterocycles. The molecule has 2 aromatic heterocycles. The number of rotatable bonds is 8. The molecule has 0 bridgehead atoms. The summed E-state index contributed by atoms with van der Waals surface area (Å²) in [5.74, 6) is -0.439. The van der Waals surface area contributed by atoms with Crippen LogP contribution in [0.2, 0.25) is 0 Å². The average Bonchev–Trinajstić information content (AvgIpc) is 3.27. The largest absolute Gasteiger partial charge is 0.459 e. The minimum atomic E-state index is -0.547. The Morgan fingerprint density at radius 3 is 2.39 bits per heavy atom. The van der Waals surface area contributed by atoms with Crippen molar-refractivity contribution in [2.24, 2.45) is 0 Å². The number of hydrogen-bond donors (Lipinski definition) is 0. The zero-order valence-corrected chi connectivity index (χ0v) is 21.5. The second-order valence-corrected chi connectivity index (χ2v) is 9.34. The van der Waals surface area contributed by atoms with Crippen LogP contribution in [0.5, 0.6) is 6.01 Å². The first-order valence-electron chi connectivity index (χ1n) is 12.6. The fraction of sp³-hybridized carbons (Fsp3) is 0.276. The van der Waals surface area contributed by atoms with Crippen LogP contribution in [-0.2, 0) is 6.61 Å². The highest BCUT2D eigenvalue weighted by atomic mass is 19.1. The number of halogens is 2. The lowest BCUT2D eigenvalue weighted by Crippen LogP contribution is -2.46. The number of hydrogen-bond acceptors (Lipinski definition) is 6. The van der Waals surface area contributed by atoms with E-state index in [4.69, 9.17) is 4.74 Å². The molecule has 7 nitrogen and oxygen atoms in total. The van der Waals surface area contributed by atoms with E-state index in [9.17, 15) is 8.78 Å². The van der Waals surface area contributed by atoms with Crippen LogP contribution in [0.3, 0.4) is 0 Å². The van der Waals surface area contributed by atoms with Gasteiger partial charge in [0.1, 0.15) is 18.2 Å². The van der Waals surface area contributed by atoms with E-state index in [1.165, 1.54) is 12.1 Å². The van der Waals surface area contributed by atoms with Crippen LogP contribution in [0, 0.1) is 25.5 Å². The molecule has 1 fully saturated rings.